The molecular weight excluding hydrogens is 230 g/mol. The standard InChI is InChI=1S/C12H15N5O/c1-4-16-7-17(6-11(16)18)12-10(5-13)8(2)9(3)14-15-12/h4,6-7H2,1-3H3. The van der Waals surface area contributed by atoms with Crippen molar-refractivity contribution < 1.29 is 4.79 Å². The van der Waals surface area contributed by atoms with E-state index in [0.717, 1.165) is 11.3 Å². The first kappa shape index (κ1) is 12.3. The molecule has 0 aromatic carbocycles. The molecule has 18 heavy (non-hydrogen) atoms. The topological polar surface area (TPSA) is 73.1 Å². The molecule has 1 saturated heterocycles. The Morgan fingerprint density at radius 1 is 1.39 bits per heavy atom. The summed E-state index contributed by atoms with van der Waals surface area (Å²) in [6, 6.07) is 2.16. The molecule has 1 fully saturated rings. The quantitative estimate of drug-likeness (QED) is 0.762. The third-order valence-electron chi connectivity index (χ3n) is 3.25. The lowest BCUT2D eigenvalue weighted by molar-refractivity contribution is -0.126. The smallest absolute Gasteiger partial charge is 0.243 e. The molecule has 0 bridgehead atoms. The molecule has 1 aromatic rings. The number of nitrogens with zero attached hydrogens (tertiary/aromatic N) is 5. The van der Waals surface area contributed by atoms with Gasteiger partial charge >= 0.3 is 0 Å². The minimum absolute atomic E-state index is 0.0569. The second-order valence-electron chi connectivity index (χ2n) is 4.31. The van der Waals surface area contributed by atoms with Crippen molar-refractivity contribution in [2.45, 2.75) is 20.8 Å². The van der Waals surface area contributed by atoms with Crippen molar-refractivity contribution in [1.29, 1.82) is 5.26 Å². The van der Waals surface area contributed by atoms with Gasteiger partial charge in [-0.1, -0.05) is 0 Å². The van der Waals surface area contributed by atoms with E-state index in [1.807, 2.05) is 20.8 Å². The van der Waals surface area contributed by atoms with Crippen LogP contribution in [0.25, 0.3) is 0 Å². The summed E-state index contributed by atoms with van der Waals surface area (Å²) in [5, 5.41) is 17.3. The summed E-state index contributed by atoms with van der Waals surface area (Å²) < 4.78 is 0. The van der Waals surface area contributed by atoms with Crippen molar-refractivity contribution in [3.05, 3.63) is 16.8 Å². The van der Waals surface area contributed by atoms with Gasteiger partial charge in [0.25, 0.3) is 0 Å². The maximum absolute atomic E-state index is 11.7. The third-order valence-corrected chi connectivity index (χ3v) is 3.25. The van der Waals surface area contributed by atoms with Crippen LogP contribution >= 0.6 is 0 Å². The zero-order valence-electron chi connectivity index (χ0n) is 10.8. The van der Waals surface area contributed by atoms with E-state index in [0.29, 0.717) is 24.6 Å². The first-order valence-corrected chi connectivity index (χ1v) is 5.85. The van der Waals surface area contributed by atoms with Gasteiger partial charge in [0.15, 0.2) is 5.82 Å². The first-order valence-electron chi connectivity index (χ1n) is 5.85. The summed E-state index contributed by atoms with van der Waals surface area (Å²) in [5.74, 6) is 0.561. The average Bonchev–Trinajstić information content (AvgIpc) is 2.73. The highest BCUT2D eigenvalue weighted by atomic mass is 16.2. The Bertz CT molecular complexity index is 534. The molecule has 6 heteroatoms. The van der Waals surface area contributed by atoms with Gasteiger partial charge in [0.05, 0.1) is 12.4 Å². The van der Waals surface area contributed by atoms with Crippen molar-refractivity contribution in [3.8, 4) is 6.07 Å². The fourth-order valence-electron chi connectivity index (χ4n) is 1.97. The van der Waals surface area contributed by atoms with Crippen LogP contribution in [0.2, 0.25) is 0 Å². The van der Waals surface area contributed by atoms with E-state index in [1.54, 1.807) is 9.80 Å². The Labute approximate surface area is 106 Å². The summed E-state index contributed by atoms with van der Waals surface area (Å²) >= 11 is 0. The van der Waals surface area contributed by atoms with Crippen LogP contribution in [0, 0.1) is 25.2 Å². The lowest BCUT2D eigenvalue weighted by Crippen LogP contribution is -2.27. The number of nitriles is 1. The van der Waals surface area contributed by atoms with Gasteiger partial charge in [-0.25, -0.2) is 0 Å². The van der Waals surface area contributed by atoms with E-state index < -0.39 is 0 Å². The predicted octanol–water partition coefficient (Wildman–Crippen LogP) is 0.591. The maximum atomic E-state index is 11.7. The number of hydrogen-bond acceptors (Lipinski definition) is 5. The zero-order valence-corrected chi connectivity index (χ0v) is 10.8. The number of carbonyl (C=O) groups excluding carboxylic acids is 1. The summed E-state index contributed by atoms with van der Waals surface area (Å²) in [5.41, 5.74) is 2.08. The fourth-order valence-corrected chi connectivity index (χ4v) is 1.97. The van der Waals surface area contributed by atoms with Gasteiger partial charge < -0.3 is 9.80 Å². The van der Waals surface area contributed by atoms with Crippen LogP contribution in [0.1, 0.15) is 23.7 Å². The van der Waals surface area contributed by atoms with E-state index in [-0.39, 0.29) is 12.5 Å². The van der Waals surface area contributed by atoms with Crippen LogP contribution in [0.3, 0.4) is 0 Å². The zero-order chi connectivity index (χ0) is 13.3. The number of hydrogen-bond donors (Lipinski definition) is 0. The van der Waals surface area contributed by atoms with Crippen LogP contribution in [-0.2, 0) is 4.79 Å². The second-order valence-corrected chi connectivity index (χ2v) is 4.31. The molecule has 1 aliphatic heterocycles. The van der Waals surface area contributed by atoms with Crippen LogP contribution in [0.15, 0.2) is 0 Å². The average molecular weight is 245 g/mol. The highest BCUT2D eigenvalue weighted by molar-refractivity contribution is 5.85. The summed E-state index contributed by atoms with van der Waals surface area (Å²) in [7, 11) is 0. The number of rotatable bonds is 2. The Hall–Kier alpha value is -2.16. The lowest BCUT2D eigenvalue weighted by atomic mass is 10.1. The van der Waals surface area contributed by atoms with E-state index in [2.05, 4.69) is 16.3 Å². The molecular formula is C12H15N5O. The molecule has 1 amide bonds. The van der Waals surface area contributed by atoms with Gasteiger partial charge in [-0.3, -0.25) is 4.79 Å². The van der Waals surface area contributed by atoms with Crippen molar-refractivity contribution in [1.82, 2.24) is 15.1 Å². The van der Waals surface area contributed by atoms with Crippen molar-refractivity contribution in [2.24, 2.45) is 0 Å². The molecule has 0 spiro atoms. The number of amides is 1. The van der Waals surface area contributed by atoms with Crippen LogP contribution in [-0.4, -0.2) is 40.8 Å². The summed E-state index contributed by atoms with van der Waals surface area (Å²) in [4.78, 5) is 15.2. The van der Waals surface area contributed by atoms with Crippen LogP contribution in [0.4, 0.5) is 5.82 Å². The van der Waals surface area contributed by atoms with Gasteiger partial charge in [-0.2, -0.15) is 10.4 Å². The number of likely N-dealkylation sites (N-methyl/N-ethyl adjacent to an activating group) is 1. The van der Waals surface area contributed by atoms with Crippen molar-refractivity contribution >= 4 is 11.7 Å². The number of carbonyl (C=O) groups is 1. The van der Waals surface area contributed by atoms with Crippen molar-refractivity contribution in [2.75, 3.05) is 24.7 Å². The first-order chi connectivity index (χ1) is 8.58. The number of aromatic nitrogens is 2. The molecule has 1 aromatic heterocycles. The lowest BCUT2D eigenvalue weighted by Gasteiger charge is -2.18. The second kappa shape index (κ2) is 4.61. The van der Waals surface area contributed by atoms with Gasteiger partial charge in [-0.05, 0) is 26.3 Å². The SMILES string of the molecule is CCN1CN(c2nnc(C)c(C)c2C#N)CC1=O. The highest BCUT2D eigenvalue weighted by Gasteiger charge is 2.29. The number of anilines is 1. The van der Waals surface area contributed by atoms with Gasteiger partial charge in [0.2, 0.25) is 5.91 Å². The molecule has 0 N–H and O–H groups in total. The molecule has 2 rings (SSSR count). The Morgan fingerprint density at radius 3 is 2.67 bits per heavy atom. The van der Waals surface area contributed by atoms with E-state index in [1.165, 1.54) is 0 Å². The molecule has 0 saturated carbocycles. The van der Waals surface area contributed by atoms with E-state index >= 15 is 0 Å². The Kier molecular flexibility index (Phi) is 3.15. The molecule has 0 atom stereocenters. The molecule has 2 heterocycles. The summed E-state index contributed by atoms with van der Waals surface area (Å²) in [6.45, 7) is 7.00. The van der Waals surface area contributed by atoms with Crippen LogP contribution in [0.5, 0.6) is 0 Å². The predicted molar refractivity (Wildman–Crippen MR) is 65.8 cm³/mol. The van der Waals surface area contributed by atoms with Gasteiger partial charge in [-0.15, -0.1) is 5.10 Å². The van der Waals surface area contributed by atoms with Gasteiger partial charge in [0.1, 0.15) is 18.2 Å². The maximum Gasteiger partial charge on any atom is 0.243 e. The number of aryl methyl sites for hydroxylation is 1. The monoisotopic (exact) mass is 245 g/mol. The minimum atomic E-state index is 0.0569. The van der Waals surface area contributed by atoms with E-state index in [9.17, 15) is 10.1 Å². The van der Waals surface area contributed by atoms with Crippen molar-refractivity contribution in [3.63, 3.8) is 0 Å². The molecule has 1 aliphatic rings. The normalized spacial score (nSPS) is 15.1. The highest BCUT2D eigenvalue weighted by Crippen LogP contribution is 2.23. The van der Waals surface area contributed by atoms with Crippen LogP contribution < -0.4 is 4.90 Å². The molecule has 0 radical (unpaired) electrons. The Balaban J connectivity index is 2.39. The molecule has 0 unspecified atom stereocenters. The summed E-state index contributed by atoms with van der Waals surface area (Å²) in [6.07, 6.45) is 0. The molecule has 0 aliphatic carbocycles. The minimum Gasteiger partial charge on any atom is -0.327 e. The third kappa shape index (κ3) is 1.88. The molecule has 94 valence electrons. The van der Waals surface area contributed by atoms with Gasteiger partial charge in [0, 0.05) is 6.54 Å². The fraction of sp³-hybridized carbons (Fsp3) is 0.500. The largest absolute Gasteiger partial charge is 0.327 e. The van der Waals surface area contributed by atoms with E-state index in [4.69, 9.17) is 0 Å². The Morgan fingerprint density at radius 2 is 2.11 bits per heavy atom. The molecule has 6 nitrogen and oxygen atoms in total.